The summed E-state index contributed by atoms with van der Waals surface area (Å²) in [7, 11) is 0. The van der Waals surface area contributed by atoms with Gasteiger partial charge in [-0.25, -0.2) is 0 Å². The molecule has 0 amide bonds. The van der Waals surface area contributed by atoms with E-state index in [-0.39, 0.29) is 37.5 Å². The molecule has 0 aromatic rings. The number of ether oxygens (including phenoxy) is 3. The molecule has 0 fully saturated rings. The van der Waals surface area contributed by atoms with E-state index in [2.05, 4.69) is 57.2 Å². The average molecular weight is 974 g/mol. The van der Waals surface area contributed by atoms with Gasteiger partial charge in [0.05, 0.1) is 0 Å². The lowest BCUT2D eigenvalue weighted by Crippen LogP contribution is -2.30. The molecule has 0 radical (unpaired) electrons. The minimum Gasteiger partial charge on any atom is -0.462 e. The van der Waals surface area contributed by atoms with Gasteiger partial charge in [-0.2, -0.15) is 0 Å². The molecule has 70 heavy (non-hydrogen) atoms. The van der Waals surface area contributed by atoms with Gasteiger partial charge in [0.2, 0.25) is 0 Å². The highest BCUT2D eigenvalue weighted by Gasteiger charge is 2.19. The monoisotopic (exact) mass is 973 g/mol. The van der Waals surface area contributed by atoms with Gasteiger partial charge in [0.15, 0.2) is 6.10 Å². The molecule has 6 nitrogen and oxygen atoms in total. The molecule has 0 aromatic heterocycles. The molecule has 1 unspecified atom stereocenters. The molecule has 0 aromatic carbocycles. The smallest absolute Gasteiger partial charge is 0.306 e. The molecule has 0 aliphatic rings. The number of unbranched alkanes of at least 4 members (excludes halogenated alkanes) is 31. The van der Waals surface area contributed by atoms with Gasteiger partial charge in [0.1, 0.15) is 13.2 Å². The summed E-state index contributed by atoms with van der Waals surface area (Å²) in [4.78, 5) is 38.2. The number of hydrogen-bond acceptors (Lipinski definition) is 6. The van der Waals surface area contributed by atoms with Crippen LogP contribution in [0.4, 0.5) is 0 Å². The highest BCUT2D eigenvalue weighted by molar-refractivity contribution is 5.71. The third-order valence-electron chi connectivity index (χ3n) is 12.5. The van der Waals surface area contributed by atoms with Crippen molar-refractivity contribution in [3.05, 3.63) is 97.2 Å². The molecule has 0 bridgehead atoms. The second-order valence-electron chi connectivity index (χ2n) is 19.4. The molecule has 0 heterocycles. The van der Waals surface area contributed by atoms with Gasteiger partial charge in [-0.05, 0) is 64.2 Å². The summed E-state index contributed by atoms with van der Waals surface area (Å²) < 4.78 is 16.8. The first kappa shape index (κ1) is 66.3. The van der Waals surface area contributed by atoms with Crippen molar-refractivity contribution in [1.82, 2.24) is 0 Å². The zero-order valence-corrected chi connectivity index (χ0v) is 45.8. The van der Waals surface area contributed by atoms with Crippen LogP contribution >= 0.6 is 0 Å². The van der Waals surface area contributed by atoms with Crippen LogP contribution < -0.4 is 0 Å². The lowest BCUT2D eigenvalue weighted by molar-refractivity contribution is -0.167. The normalized spacial score (nSPS) is 12.8. The molecule has 0 N–H and O–H groups in total. The van der Waals surface area contributed by atoms with Crippen molar-refractivity contribution >= 4 is 17.9 Å². The van der Waals surface area contributed by atoms with E-state index in [1.807, 2.05) is 60.8 Å². The Bertz CT molecular complexity index is 1400. The molecule has 400 valence electrons. The third-order valence-corrected chi connectivity index (χ3v) is 12.5. The number of esters is 3. The standard InChI is InChI=1S/C64H108O6/c1-4-7-10-13-16-19-22-25-28-31-34-36-39-42-45-48-51-54-57-63(66)69-60-61(70-64(67)58-55-52-49-46-43-40-37-33-30-27-24-21-18-15-12-9-6-3)59-68-62(65)56-53-50-47-44-41-38-35-32-29-26-23-20-17-14-11-8-5-2/h9,12,15,18,21,24,27-28,30-31,33-34,36-37,40,43,61H,4-8,10-11,13-14,16-17,19-20,22-23,25-26,29,32,35,38-39,41-42,44-60H2,1-3H3/b12-9-,18-15-,24-21-,30-27-,31-28-,36-34-,37-33+,43-40-. The number of allylic oxidation sites excluding steroid dienone is 16. The Morgan fingerprint density at radius 3 is 0.900 bits per heavy atom. The van der Waals surface area contributed by atoms with Crippen LogP contribution in [0.3, 0.4) is 0 Å². The van der Waals surface area contributed by atoms with Crippen molar-refractivity contribution in [3.8, 4) is 0 Å². The van der Waals surface area contributed by atoms with E-state index < -0.39 is 6.10 Å². The fourth-order valence-electron chi connectivity index (χ4n) is 8.11. The Morgan fingerprint density at radius 1 is 0.300 bits per heavy atom. The van der Waals surface area contributed by atoms with Gasteiger partial charge in [0.25, 0.3) is 0 Å². The van der Waals surface area contributed by atoms with Crippen molar-refractivity contribution in [1.29, 1.82) is 0 Å². The number of carbonyl (C=O) groups excluding carboxylic acids is 3. The molecule has 0 rings (SSSR count). The highest BCUT2D eigenvalue weighted by Crippen LogP contribution is 2.16. The molecule has 0 spiro atoms. The van der Waals surface area contributed by atoms with Crippen LogP contribution in [-0.2, 0) is 28.6 Å². The van der Waals surface area contributed by atoms with E-state index >= 15 is 0 Å². The van der Waals surface area contributed by atoms with Crippen molar-refractivity contribution < 1.29 is 28.6 Å². The van der Waals surface area contributed by atoms with Crippen LogP contribution in [0.2, 0.25) is 0 Å². The molecule has 0 aliphatic carbocycles. The maximum atomic E-state index is 12.9. The zero-order valence-electron chi connectivity index (χ0n) is 45.8. The van der Waals surface area contributed by atoms with Crippen molar-refractivity contribution in [2.24, 2.45) is 0 Å². The minimum atomic E-state index is -0.808. The van der Waals surface area contributed by atoms with Crippen LogP contribution in [0.15, 0.2) is 97.2 Å². The number of hydrogen-bond donors (Lipinski definition) is 0. The Balaban J connectivity index is 4.49. The van der Waals surface area contributed by atoms with E-state index in [4.69, 9.17) is 14.2 Å². The molecule has 1 atom stereocenters. The Morgan fingerprint density at radius 2 is 0.557 bits per heavy atom. The lowest BCUT2D eigenvalue weighted by Gasteiger charge is -2.18. The van der Waals surface area contributed by atoms with Crippen molar-refractivity contribution in [2.75, 3.05) is 13.2 Å². The van der Waals surface area contributed by atoms with Crippen LogP contribution in [0, 0.1) is 0 Å². The van der Waals surface area contributed by atoms with Gasteiger partial charge in [-0.1, -0.05) is 285 Å². The number of rotatable bonds is 52. The van der Waals surface area contributed by atoms with E-state index in [1.165, 1.54) is 141 Å². The summed E-state index contributed by atoms with van der Waals surface area (Å²) >= 11 is 0. The molecule has 0 saturated heterocycles. The molecule has 0 aliphatic heterocycles. The second kappa shape index (κ2) is 57.9. The maximum Gasteiger partial charge on any atom is 0.306 e. The first-order valence-corrected chi connectivity index (χ1v) is 29.3. The van der Waals surface area contributed by atoms with Crippen LogP contribution in [-0.4, -0.2) is 37.2 Å². The summed E-state index contributed by atoms with van der Waals surface area (Å²) in [5, 5.41) is 0. The summed E-state index contributed by atoms with van der Waals surface area (Å²) in [5.74, 6) is -0.952. The van der Waals surface area contributed by atoms with Gasteiger partial charge in [-0.3, -0.25) is 14.4 Å². The molecule has 6 heteroatoms. The Hall–Kier alpha value is -3.67. The van der Waals surface area contributed by atoms with Crippen LogP contribution in [0.25, 0.3) is 0 Å². The van der Waals surface area contributed by atoms with Gasteiger partial charge in [-0.15, -0.1) is 0 Å². The predicted octanol–water partition coefficient (Wildman–Crippen LogP) is 19.7. The third kappa shape index (κ3) is 55.3. The first-order chi connectivity index (χ1) is 34.5. The van der Waals surface area contributed by atoms with E-state index in [1.54, 1.807) is 0 Å². The minimum absolute atomic E-state index is 0.0995. The van der Waals surface area contributed by atoms with Gasteiger partial charge >= 0.3 is 17.9 Å². The summed E-state index contributed by atoms with van der Waals surface area (Å²) in [5.41, 5.74) is 0. The van der Waals surface area contributed by atoms with Crippen molar-refractivity contribution in [3.63, 3.8) is 0 Å². The summed E-state index contributed by atoms with van der Waals surface area (Å²) in [6, 6.07) is 0. The van der Waals surface area contributed by atoms with Crippen LogP contribution in [0.5, 0.6) is 0 Å². The molecule has 0 saturated carbocycles. The Labute approximate surface area is 432 Å². The van der Waals surface area contributed by atoms with Gasteiger partial charge in [0, 0.05) is 19.3 Å². The maximum absolute atomic E-state index is 12.9. The van der Waals surface area contributed by atoms with Crippen molar-refractivity contribution in [2.45, 2.75) is 277 Å². The summed E-state index contributed by atoms with van der Waals surface area (Å²) in [6.45, 7) is 6.46. The molecular weight excluding hydrogens is 865 g/mol. The first-order valence-electron chi connectivity index (χ1n) is 29.3. The zero-order chi connectivity index (χ0) is 50.7. The number of carbonyl (C=O) groups is 3. The largest absolute Gasteiger partial charge is 0.462 e. The van der Waals surface area contributed by atoms with Gasteiger partial charge < -0.3 is 14.2 Å². The van der Waals surface area contributed by atoms with E-state index in [0.29, 0.717) is 19.3 Å². The molecular formula is C64H108O6. The average Bonchev–Trinajstić information content (AvgIpc) is 3.36. The summed E-state index contributed by atoms with van der Waals surface area (Å²) in [6.07, 6.45) is 76.8. The predicted molar refractivity (Wildman–Crippen MR) is 302 cm³/mol. The van der Waals surface area contributed by atoms with E-state index in [0.717, 1.165) is 83.5 Å². The lowest BCUT2D eigenvalue weighted by atomic mass is 10.0. The quantitative estimate of drug-likeness (QED) is 0.0262. The SMILES string of the molecule is CC\C=C/C=C\C=C/C=C\C=C\C=C/CCCCCC(=O)OC(COC(=O)CCCCCCC/C=C\C=C/CCCCCCCCC)COC(=O)CCCCCCCCCCCCCCCCCCC. The Kier molecular flexibility index (Phi) is 54.9. The van der Waals surface area contributed by atoms with E-state index in [9.17, 15) is 14.4 Å². The second-order valence-corrected chi connectivity index (χ2v) is 19.4. The topological polar surface area (TPSA) is 78.9 Å². The highest BCUT2D eigenvalue weighted by atomic mass is 16.6. The fourth-order valence-corrected chi connectivity index (χ4v) is 8.11. The fraction of sp³-hybridized carbons (Fsp3) is 0.703. The van der Waals surface area contributed by atoms with Crippen LogP contribution in [0.1, 0.15) is 271 Å².